The Balaban J connectivity index is 2.15. The summed E-state index contributed by atoms with van der Waals surface area (Å²) in [5.41, 5.74) is 5.32. The number of rotatable bonds is 3. The first-order valence-corrected chi connectivity index (χ1v) is 7.18. The maximum absolute atomic E-state index is 12.3. The molecule has 0 unspecified atom stereocenters. The van der Waals surface area contributed by atoms with E-state index in [0.717, 1.165) is 12.1 Å². The number of nitrogens with two attached hydrogens (primary N) is 1. The molecule has 3 aromatic rings. The normalized spacial score (nSPS) is 12.3. The van der Waals surface area contributed by atoms with Crippen molar-refractivity contribution in [2.24, 2.45) is 10.7 Å². The fourth-order valence-corrected chi connectivity index (χ4v) is 2.23. The van der Waals surface area contributed by atoms with Crippen LogP contribution in [-0.2, 0) is 0 Å². The molecule has 1 aromatic heterocycles. The van der Waals surface area contributed by atoms with Crippen molar-refractivity contribution >= 4 is 22.6 Å². The molecule has 6 nitrogen and oxygen atoms in total. The Kier molecular flexibility index (Phi) is 4.29. The van der Waals surface area contributed by atoms with Gasteiger partial charge >= 0.3 is 6.36 Å². The van der Waals surface area contributed by atoms with Crippen molar-refractivity contribution in [1.82, 2.24) is 0 Å². The molecule has 0 fully saturated rings. The van der Waals surface area contributed by atoms with Crippen molar-refractivity contribution in [3.8, 4) is 11.5 Å². The van der Waals surface area contributed by atoms with Crippen LogP contribution in [0.1, 0.15) is 10.4 Å². The van der Waals surface area contributed by atoms with E-state index < -0.39 is 18.0 Å². The summed E-state index contributed by atoms with van der Waals surface area (Å²) in [6, 6.07) is 10.5. The molecular formula is C17H11F3N2O4. The fraction of sp³-hybridized carbons (Fsp3) is 0.0588. The molecule has 0 spiro atoms. The first-order valence-electron chi connectivity index (χ1n) is 7.18. The minimum Gasteiger partial charge on any atom is -0.508 e. The van der Waals surface area contributed by atoms with Gasteiger partial charge in [-0.05, 0) is 30.3 Å². The maximum atomic E-state index is 12.3. The number of ether oxygens (including phenoxy) is 1. The zero-order chi connectivity index (χ0) is 18.9. The van der Waals surface area contributed by atoms with Crippen molar-refractivity contribution < 1.29 is 32.2 Å². The van der Waals surface area contributed by atoms with Gasteiger partial charge in [-0.25, -0.2) is 4.99 Å². The third-order valence-corrected chi connectivity index (χ3v) is 3.28. The molecule has 0 aliphatic carbocycles. The van der Waals surface area contributed by atoms with Crippen LogP contribution in [0, 0.1) is 0 Å². The highest BCUT2D eigenvalue weighted by molar-refractivity contribution is 5.95. The van der Waals surface area contributed by atoms with E-state index >= 15 is 0 Å². The SMILES string of the molecule is NC(=O)c1cc2ccc(O)cc2oc1=Nc1cccc(OC(F)(F)F)c1. The van der Waals surface area contributed by atoms with E-state index in [4.69, 9.17) is 10.2 Å². The van der Waals surface area contributed by atoms with Gasteiger partial charge in [0.05, 0.1) is 5.69 Å². The van der Waals surface area contributed by atoms with Crippen LogP contribution in [0.15, 0.2) is 57.9 Å². The fourth-order valence-electron chi connectivity index (χ4n) is 2.23. The van der Waals surface area contributed by atoms with Crippen molar-refractivity contribution in [3.63, 3.8) is 0 Å². The number of benzene rings is 2. The van der Waals surface area contributed by atoms with E-state index in [-0.39, 0.29) is 28.1 Å². The highest BCUT2D eigenvalue weighted by Gasteiger charge is 2.31. The summed E-state index contributed by atoms with van der Waals surface area (Å²) in [6.07, 6.45) is -4.85. The molecule has 0 aliphatic rings. The second-order valence-corrected chi connectivity index (χ2v) is 5.21. The average Bonchev–Trinajstić information content (AvgIpc) is 2.52. The lowest BCUT2D eigenvalue weighted by atomic mass is 10.1. The molecule has 1 amide bonds. The lowest BCUT2D eigenvalue weighted by molar-refractivity contribution is -0.274. The summed E-state index contributed by atoms with van der Waals surface area (Å²) in [5, 5.41) is 10.0. The van der Waals surface area contributed by atoms with Crippen molar-refractivity contribution in [3.05, 3.63) is 59.6 Å². The number of primary amides is 1. The Morgan fingerprint density at radius 3 is 2.62 bits per heavy atom. The molecular weight excluding hydrogens is 353 g/mol. The van der Waals surface area contributed by atoms with Gasteiger partial charge in [0.2, 0.25) is 5.55 Å². The van der Waals surface area contributed by atoms with Gasteiger partial charge < -0.3 is 20.0 Å². The second kappa shape index (κ2) is 6.43. The number of hydrogen-bond acceptors (Lipinski definition) is 5. The van der Waals surface area contributed by atoms with Crippen LogP contribution in [0.25, 0.3) is 11.0 Å². The zero-order valence-electron chi connectivity index (χ0n) is 12.9. The molecule has 9 heteroatoms. The molecule has 2 aromatic carbocycles. The first-order chi connectivity index (χ1) is 12.2. The van der Waals surface area contributed by atoms with E-state index in [1.165, 1.54) is 36.4 Å². The van der Waals surface area contributed by atoms with Gasteiger partial charge in [0.15, 0.2) is 0 Å². The van der Waals surface area contributed by atoms with Crippen LogP contribution in [0.5, 0.6) is 11.5 Å². The summed E-state index contributed by atoms with van der Waals surface area (Å²) in [4.78, 5) is 15.7. The number of amides is 1. The number of phenols is 1. The van der Waals surface area contributed by atoms with Gasteiger partial charge in [-0.3, -0.25) is 4.79 Å². The van der Waals surface area contributed by atoms with Crippen LogP contribution in [-0.4, -0.2) is 17.4 Å². The summed E-state index contributed by atoms with van der Waals surface area (Å²) < 4.78 is 46.3. The number of carbonyl (C=O) groups excluding carboxylic acids is 1. The molecule has 3 rings (SSSR count). The number of carbonyl (C=O) groups is 1. The lowest BCUT2D eigenvalue weighted by Crippen LogP contribution is -2.21. The molecule has 0 saturated heterocycles. The number of halogens is 3. The molecule has 1 heterocycles. The molecule has 0 aliphatic heterocycles. The van der Waals surface area contributed by atoms with Crippen molar-refractivity contribution in [2.45, 2.75) is 6.36 Å². The second-order valence-electron chi connectivity index (χ2n) is 5.21. The van der Waals surface area contributed by atoms with Crippen molar-refractivity contribution in [2.75, 3.05) is 0 Å². The van der Waals surface area contributed by atoms with E-state index in [9.17, 15) is 23.1 Å². The Morgan fingerprint density at radius 2 is 1.92 bits per heavy atom. The van der Waals surface area contributed by atoms with Gasteiger partial charge in [0, 0.05) is 17.5 Å². The molecule has 0 saturated carbocycles. The van der Waals surface area contributed by atoms with Gasteiger partial charge in [0.1, 0.15) is 22.6 Å². The van der Waals surface area contributed by atoms with E-state index in [0.29, 0.717) is 5.39 Å². The predicted molar refractivity (Wildman–Crippen MR) is 84.7 cm³/mol. The highest BCUT2D eigenvalue weighted by Crippen LogP contribution is 2.26. The maximum Gasteiger partial charge on any atom is 0.573 e. The number of hydrogen-bond donors (Lipinski definition) is 2. The molecule has 0 atom stereocenters. The van der Waals surface area contributed by atoms with E-state index in [2.05, 4.69) is 9.73 Å². The number of phenolic OH excluding ortho intramolecular Hbond substituents is 1. The van der Waals surface area contributed by atoms with Gasteiger partial charge in [-0.2, -0.15) is 0 Å². The highest BCUT2D eigenvalue weighted by atomic mass is 19.4. The lowest BCUT2D eigenvalue weighted by Gasteiger charge is -2.08. The first kappa shape index (κ1) is 17.3. The monoisotopic (exact) mass is 364 g/mol. The Hall–Kier alpha value is -3.49. The van der Waals surface area contributed by atoms with Crippen LogP contribution in [0.3, 0.4) is 0 Å². The Morgan fingerprint density at radius 1 is 1.15 bits per heavy atom. The molecule has 3 N–H and O–H groups in total. The van der Waals surface area contributed by atoms with Gasteiger partial charge in [-0.1, -0.05) is 6.07 Å². The minimum atomic E-state index is -4.85. The van der Waals surface area contributed by atoms with E-state index in [1.54, 1.807) is 0 Å². The molecule has 0 radical (unpaired) electrons. The topological polar surface area (TPSA) is 98.1 Å². The van der Waals surface area contributed by atoms with Crippen LogP contribution in [0.2, 0.25) is 0 Å². The largest absolute Gasteiger partial charge is 0.573 e. The summed E-state index contributed by atoms with van der Waals surface area (Å²) >= 11 is 0. The molecule has 134 valence electrons. The summed E-state index contributed by atoms with van der Waals surface area (Å²) in [5.74, 6) is -1.37. The Bertz CT molecular complexity index is 1060. The number of fused-ring (bicyclic) bond motifs is 1. The number of aromatic hydroxyl groups is 1. The minimum absolute atomic E-state index is 0.0532. The predicted octanol–water partition coefficient (Wildman–Crippen LogP) is 3.37. The standard InChI is InChI=1S/C17H11F3N2O4/c18-17(19,20)26-12-3-1-2-10(7-12)22-16-13(15(21)24)6-9-4-5-11(23)8-14(9)25-16/h1-8,23H,(H2,21,24). The van der Waals surface area contributed by atoms with Crippen LogP contribution < -0.4 is 16.0 Å². The van der Waals surface area contributed by atoms with Crippen LogP contribution >= 0.6 is 0 Å². The zero-order valence-corrected chi connectivity index (χ0v) is 12.9. The number of nitrogens with zero attached hydrogens (tertiary/aromatic N) is 1. The molecule has 26 heavy (non-hydrogen) atoms. The average molecular weight is 364 g/mol. The summed E-state index contributed by atoms with van der Waals surface area (Å²) in [6.45, 7) is 0. The number of alkyl halides is 3. The smallest absolute Gasteiger partial charge is 0.508 e. The Labute approximate surface area is 144 Å². The summed E-state index contributed by atoms with van der Waals surface area (Å²) in [7, 11) is 0. The van der Waals surface area contributed by atoms with Gasteiger partial charge in [0.25, 0.3) is 5.91 Å². The third kappa shape index (κ3) is 3.94. The third-order valence-electron chi connectivity index (χ3n) is 3.28. The van der Waals surface area contributed by atoms with E-state index in [1.807, 2.05) is 0 Å². The van der Waals surface area contributed by atoms with Crippen molar-refractivity contribution in [1.29, 1.82) is 0 Å². The van der Waals surface area contributed by atoms with Gasteiger partial charge in [-0.15, -0.1) is 13.2 Å². The van der Waals surface area contributed by atoms with Crippen LogP contribution in [0.4, 0.5) is 18.9 Å². The molecule has 0 bridgehead atoms. The quantitative estimate of drug-likeness (QED) is 0.744.